The van der Waals surface area contributed by atoms with E-state index in [9.17, 15) is 4.79 Å². The van der Waals surface area contributed by atoms with E-state index in [0.717, 1.165) is 18.4 Å². The fourth-order valence-corrected chi connectivity index (χ4v) is 1.52. The zero-order chi connectivity index (χ0) is 10.5. The number of ether oxygens (including phenoxy) is 1. The molecule has 1 aliphatic rings. The largest absolute Gasteiger partial charge is 0.369 e. The summed E-state index contributed by atoms with van der Waals surface area (Å²) in [5.74, 6) is 5.37. The number of hydrogen-bond donors (Lipinski definition) is 0. The van der Waals surface area contributed by atoms with E-state index < -0.39 is 0 Å². The lowest BCUT2D eigenvalue weighted by atomic mass is 10.1. The molecule has 0 bridgehead atoms. The first-order chi connectivity index (χ1) is 7.36. The molecule has 0 N–H and O–H groups in total. The molecule has 15 heavy (non-hydrogen) atoms. The summed E-state index contributed by atoms with van der Waals surface area (Å²) < 4.78 is 5.25. The lowest BCUT2D eigenvalue weighted by Crippen LogP contribution is -2.16. The Hall–Kier alpha value is -1.59. The van der Waals surface area contributed by atoms with Gasteiger partial charge in [0.2, 0.25) is 5.78 Å². The maximum Gasteiger partial charge on any atom is 0.234 e. The first kappa shape index (κ1) is 9.95. The first-order valence-corrected chi connectivity index (χ1v) is 5.09. The zero-order valence-corrected chi connectivity index (χ0v) is 8.40. The highest BCUT2D eigenvalue weighted by atomic mass is 16.5. The van der Waals surface area contributed by atoms with Crippen LogP contribution in [0.25, 0.3) is 0 Å². The Morgan fingerprint density at radius 3 is 2.80 bits per heavy atom. The minimum atomic E-state index is -0.291. The fourth-order valence-electron chi connectivity index (χ4n) is 1.52. The van der Waals surface area contributed by atoms with Crippen molar-refractivity contribution in [2.45, 2.75) is 18.9 Å². The number of rotatable bonds is 1. The van der Waals surface area contributed by atoms with E-state index in [2.05, 4.69) is 11.8 Å². The van der Waals surface area contributed by atoms with Crippen molar-refractivity contribution >= 4 is 5.78 Å². The predicted octanol–water partition coefficient (Wildman–Crippen LogP) is 1.79. The van der Waals surface area contributed by atoms with Crippen molar-refractivity contribution < 1.29 is 9.53 Å². The third-order valence-corrected chi connectivity index (χ3v) is 2.33. The van der Waals surface area contributed by atoms with Gasteiger partial charge in [0.15, 0.2) is 0 Å². The number of Topliss-reactive ketones (excluding diaryl/α,β-unsaturated/α-hetero) is 1. The highest BCUT2D eigenvalue weighted by Crippen LogP contribution is 2.12. The summed E-state index contributed by atoms with van der Waals surface area (Å²) in [6.45, 7) is 0.684. The Labute approximate surface area is 89.3 Å². The molecule has 1 atom stereocenters. The van der Waals surface area contributed by atoms with Crippen LogP contribution in [0.4, 0.5) is 0 Å². The molecule has 0 spiro atoms. The third-order valence-electron chi connectivity index (χ3n) is 2.33. The first-order valence-electron chi connectivity index (χ1n) is 5.09. The molecule has 0 aromatic heterocycles. The van der Waals surface area contributed by atoms with Gasteiger partial charge >= 0.3 is 0 Å². The Balaban J connectivity index is 2.02. The monoisotopic (exact) mass is 200 g/mol. The van der Waals surface area contributed by atoms with Gasteiger partial charge in [0, 0.05) is 12.2 Å². The standard InChI is InChI=1S/C13H12O2/c14-12(13-7-4-10-15-13)9-8-11-5-2-1-3-6-11/h1-3,5-6,13H,4,7,10H2. The van der Waals surface area contributed by atoms with E-state index in [1.807, 2.05) is 30.3 Å². The van der Waals surface area contributed by atoms with Gasteiger partial charge < -0.3 is 4.74 Å². The molecule has 0 amide bonds. The van der Waals surface area contributed by atoms with Crippen molar-refractivity contribution in [3.05, 3.63) is 35.9 Å². The molecule has 1 aliphatic heterocycles. The maximum absolute atomic E-state index is 11.5. The Morgan fingerprint density at radius 2 is 2.13 bits per heavy atom. The molecule has 1 unspecified atom stereocenters. The van der Waals surface area contributed by atoms with Gasteiger partial charge in [-0.1, -0.05) is 24.1 Å². The Morgan fingerprint density at radius 1 is 1.33 bits per heavy atom. The van der Waals surface area contributed by atoms with Crippen molar-refractivity contribution in [2.24, 2.45) is 0 Å². The normalized spacial score (nSPS) is 19.3. The number of carbonyl (C=O) groups excluding carboxylic acids is 1. The van der Waals surface area contributed by atoms with E-state index in [1.165, 1.54) is 0 Å². The molecule has 2 heteroatoms. The third kappa shape index (κ3) is 2.68. The summed E-state index contributed by atoms with van der Waals surface area (Å²) in [5, 5.41) is 0. The van der Waals surface area contributed by atoms with Gasteiger partial charge in [0.25, 0.3) is 0 Å². The van der Waals surface area contributed by atoms with Crippen molar-refractivity contribution in [1.82, 2.24) is 0 Å². The average Bonchev–Trinajstić information content (AvgIpc) is 2.81. The van der Waals surface area contributed by atoms with Gasteiger partial charge in [-0.3, -0.25) is 4.79 Å². The Kier molecular flexibility index (Phi) is 3.16. The molecule has 1 fully saturated rings. The van der Waals surface area contributed by atoms with Crippen LogP contribution in [-0.2, 0) is 9.53 Å². The van der Waals surface area contributed by atoms with Crippen LogP contribution in [-0.4, -0.2) is 18.5 Å². The van der Waals surface area contributed by atoms with Crippen LogP contribution in [0.5, 0.6) is 0 Å². The SMILES string of the molecule is O=C(C#Cc1ccccc1)C1CCCO1. The summed E-state index contributed by atoms with van der Waals surface area (Å²) in [6.07, 6.45) is 1.48. The average molecular weight is 200 g/mol. The lowest BCUT2D eigenvalue weighted by molar-refractivity contribution is -0.122. The second kappa shape index (κ2) is 4.77. The smallest absolute Gasteiger partial charge is 0.234 e. The summed E-state index contributed by atoms with van der Waals surface area (Å²) in [7, 11) is 0. The van der Waals surface area contributed by atoms with Crippen LogP contribution in [0.2, 0.25) is 0 Å². The zero-order valence-electron chi connectivity index (χ0n) is 8.40. The van der Waals surface area contributed by atoms with Gasteiger partial charge in [-0.05, 0) is 30.9 Å². The fraction of sp³-hybridized carbons (Fsp3) is 0.308. The maximum atomic E-state index is 11.5. The van der Waals surface area contributed by atoms with Gasteiger partial charge in [0.05, 0.1) is 0 Å². The lowest BCUT2D eigenvalue weighted by Gasteiger charge is -2.00. The molecule has 2 rings (SSSR count). The highest BCUT2D eigenvalue weighted by molar-refractivity contribution is 5.99. The second-order valence-electron chi connectivity index (χ2n) is 3.48. The van der Waals surface area contributed by atoms with Gasteiger partial charge in [-0.15, -0.1) is 0 Å². The Bertz CT molecular complexity index is 392. The molecule has 1 aromatic rings. The van der Waals surface area contributed by atoms with Gasteiger partial charge in [-0.2, -0.15) is 0 Å². The number of hydrogen-bond acceptors (Lipinski definition) is 2. The van der Waals surface area contributed by atoms with Crippen LogP contribution in [0.1, 0.15) is 18.4 Å². The molecule has 1 heterocycles. The summed E-state index contributed by atoms with van der Waals surface area (Å²) in [6, 6.07) is 9.50. The number of carbonyl (C=O) groups is 1. The van der Waals surface area contributed by atoms with Gasteiger partial charge in [0.1, 0.15) is 6.10 Å². The van der Waals surface area contributed by atoms with Crippen LogP contribution in [0.3, 0.4) is 0 Å². The van der Waals surface area contributed by atoms with E-state index in [1.54, 1.807) is 0 Å². The van der Waals surface area contributed by atoms with E-state index in [4.69, 9.17) is 4.74 Å². The van der Waals surface area contributed by atoms with E-state index in [0.29, 0.717) is 6.61 Å². The molecule has 0 saturated carbocycles. The number of ketones is 1. The van der Waals surface area contributed by atoms with Crippen LogP contribution in [0.15, 0.2) is 30.3 Å². The minimum Gasteiger partial charge on any atom is -0.369 e. The van der Waals surface area contributed by atoms with E-state index >= 15 is 0 Å². The van der Waals surface area contributed by atoms with Gasteiger partial charge in [-0.25, -0.2) is 0 Å². The quantitative estimate of drug-likeness (QED) is 0.646. The van der Waals surface area contributed by atoms with Crippen molar-refractivity contribution in [3.63, 3.8) is 0 Å². The predicted molar refractivity (Wildman–Crippen MR) is 57.3 cm³/mol. The number of benzene rings is 1. The topological polar surface area (TPSA) is 26.3 Å². The minimum absolute atomic E-state index is 0.101. The molecule has 76 valence electrons. The molecule has 0 aliphatic carbocycles. The molecule has 0 radical (unpaired) electrons. The molecule has 2 nitrogen and oxygen atoms in total. The molecule has 1 aromatic carbocycles. The van der Waals surface area contributed by atoms with Crippen molar-refractivity contribution in [3.8, 4) is 11.8 Å². The summed E-state index contributed by atoms with van der Waals surface area (Å²) in [5.41, 5.74) is 0.865. The van der Waals surface area contributed by atoms with E-state index in [-0.39, 0.29) is 11.9 Å². The summed E-state index contributed by atoms with van der Waals surface area (Å²) in [4.78, 5) is 11.5. The van der Waals surface area contributed by atoms with Crippen molar-refractivity contribution in [2.75, 3.05) is 6.61 Å². The molecule has 1 saturated heterocycles. The summed E-state index contributed by atoms with van der Waals surface area (Å²) >= 11 is 0. The highest BCUT2D eigenvalue weighted by Gasteiger charge is 2.21. The van der Waals surface area contributed by atoms with Crippen LogP contribution in [0, 0.1) is 11.8 Å². The van der Waals surface area contributed by atoms with Crippen LogP contribution < -0.4 is 0 Å². The van der Waals surface area contributed by atoms with Crippen molar-refractivity contribution in [1.29, 1.82) is 0 Å². The van der Waals surface area contributed by atoms with Crippen LogP contribution >= 0.6 is 0 Å². The molecular weight excluding hydrogens is 188 g/mol. The molecular formula is C13H12O2. The second-order valence-corrected chi connectivity index (χ2v) is 3.48.